The molecule has 1 aliphatic rings. The molecule has 0 radical (unpaired) electrons. The smallest absolute Gasteiger partial charge is 0.158 e. The minimum Gasteiger partial charge on any atom is -0.385 e. The number of aliphatic hydroxyl groups excluding tert-OH is 1. The number of fused-ring (bicyclic) bond motifs is 1. The summed E-state index contributed by atoms with van der Waals surface area (Å²) in [7, 11) is 0. The van der Waals surface area contributed by atoms with Crippen molar-refractivity contribution in [3.8, 4) is 11.3 Å². The van der Waals surface area contributed by atoms with Crippen molar-refractivity contribution >= 4 is 17.4 Å². The van der Waals surface area contributed by atoms with E-state index >= 15 is 0 Å². The Morgan fingerprint density at radius 2 is 1.92 bits per heavy atom. The zero-order chi connectivity index (χ0) is 18.1. The average Bonchev–Trinajstić information content (AvgIpc) is 2.68. The normalized spacial score (nSPS) is 14.8. The predicted molar refractivity (Wildman–Crippen MR) is 99.9 cm³/mol. The highest BCUT2D eigenvalue weighted by Gasteiger charge is 2.23. The molecular weight excluding hydrogens is 350 g/mol. The van der Waals surface area contributed by atoms with Crippen molar-refractivity contribution in [2.45, 2.75) is 26.0 Å². The van der Waals surface area contributed by atoms with Crippen LogP contribution in [0.5, 0.6) is 0 Å². The van der Waals surface area contributed by atoms with Gasteiger partial charge in [-0.3, -0.25) is 0 Å². The molecule has 3 aromatic rings. The minimum absolute atomic E-state index is 0.429. The predicted octanol–water partition coefficient (Wildman–Crippen LogP) is 3.20. The number of rotatable bonds is 3. The molecule has 4 rings (SSSR count). The van der Waals surface area contributed by atoms with Crippen molar-refractivity contribution in [3.63, 3.8) is 0 Å². The van der Waals surface area contributed by atoms with Crippen LogP contribution in [0.25, 0.3) is 11.3 Å². The first kappa shape index (κ1) is 16.9. The zero-order valence-corrected chi connectivity index (χ0v) is 15.1. The summed E-state index contributed by atoms with van der Waals surface area (Å²) in [4.78, 5) is 19.7. The van der Waals surface area contributed by atoms with E-state index in [1.165, 1.54) is 0 Å². The van der Waals surface area contributed by atoms with Crippen LogP contribution in [0.4, 0.5) is 5.82 Å². The molecule has 1 aliphatic heterocycles. The average molecular weight is 368 g/mol. The van der Waals surface area contributed by atoms with Crippen LogP contribution in [0, 0.1) is 0 Å². The molecule has 0 bridgehead atoms. The van der Waals surface area contributed by atoms with E-state index in [4.69, 9.17) is 11.6 Å². The number of aromatic nitrogens is 4. The summed E-state index contributed by atoms with van der Waals surface area (Å²) in [6, 6.07) is 9.57. The molecule has 1 N–H and O–H groups in total. The number of aliphatic hydroxyl groups is 1. The number of hydrogen-bond acceptors (Lipinski definition) is 6. The molecule has 0 fully saturated rings. The molecule has 0 spiro atoms. The highest BCUT2D eigenvalue weighted by molar-refractivity contribution is 6.30. The van der Waals surface area contributed by atoms with Crippen molar-refractivity contribution < 1.29 is 5.11 Å². The van der Waals surface area contributed by atoms with E-state index in [-0.39, 0.29) is 0 Å². The molecule has 0 amide bonds. The molecule has 6 nitrogen and oxygen atoms in total. The fourth-order valence-electron chi connectivity index (χ4n) is 3.15. The number of halogens is 1. The second kappa shape index (κ2) is 6.97. The second-order valence-corrected chi connectivity index (χ2v) is 6.71. The van der Waals surface area contributed by atoms with Gasteiger partial charge in [0.05, 0.1) is 17.9 Å². The fourth-order valence-corrected chi connectivity index (χ4v) is 3.27. The first-order valence-electron chi connectivity index (χ1n) is 8.46. The molecule has 2 aromatic heterocycles. The van der Waals surface area contributed by atoms with E-state index in [1.807, 2.05) is 30.3 Å². The third kappa shape index (κ3) is 3.25. The van der Waals surface area contributed by atoms with Crippen LogP contribution in [0.2, 0.25) is 5.02 Å². The van der Waals surface area contributed by atoms with E-state index in [0.717, 1.165) is 41.3 Å². The Morgan fingerprint density at radius 3 is 2.69 bits per heavy atom. The van der Waals surface area contributed by atoms with E-state index < -0.39 is 6.10 Å². The lowest BCUT2D eigenvalue weighted by atomic mass is 9.98. The molecule has 0 saturated heterocycles. The number of benzene rings is 1. The Kier molecular flexibility index (Phi) is 4.53. The fraction of sp³-hybridized carbons (Fsp3) is 0.263. The lowest BCUT2D eigenvalue weighted by molar-refractivity contribution is 0.189. The summed E-state index contributed by atoms with van der Waals surface area (Å²) in [5, 5.41) is 10.4. The van der Waals surface area contributed by atoms with Gasteiger partial charge in [-0.15, -0.1) is 0 Å². The van der Waals surface area contributed by atoms with Crippen molar-refractivity contribution in [2.24, 2.45) is 0 Å². The zero-order valence-electron chi connectivity index (χ0n) is 14.3. The van der Waals surface area contributed by atoms with Crippen LogP contribution in [0.15, 0.2) is 42.9 Å². The van der Waals surface area contributed by atoms with Crippen molar-refractivity contribution in [1.82, 2.24) is 19.9 Å². The van der Waals surface area contributed by atoms with Crippen LogP contribution in [0.1, 0.15) is 30.1 Å². The monoisotopic (exact) mass is 367 g/mol. The molecule has 0 saturated carbocycles. The quantitative estimate of drug-likeness (QED) is 0.766. The third-order valence-electron chi connectivity index (χ3n) is 4.48. The Hall–Kier alpha value is -2.57. The highest BCUT2D eigenvalue weighted by atomic mass is 35.5. The summed E-state index contributed by atoms with van der Waals surface area (Å²) in [6.45, 7) is 3.11. The first-order chi connectivity index (χ1) is 12.6. The van der Waals surface area contributed by atoms with Crippen molar-refractivity contribution in [2.75, 3.05) is 11.4 Å². The van der Waals surface area contributed by atoms with Gasteiger partial charge in [0.25, 0.3) is 0 Å². The standard InChI is InChI=1S/C19H18ClN5O/c1-12(26)19-21-8-6-17(24-19)25-9-7-15-16(10-25)22-11-23-18(15)13-2-4-14(20)5-3-13/h2-6,8,11-12,26H,7,9-10H2,1H3/t12-/m1/s1. The molecule has 26 heavy (non-hydrogen) atoms. The van der Waals surface area contributed by atoms with Crippen LogP contribution in [-0.2, 0) is 13.0 Å². The van der Waals surface area contributed by atoms with Crippen LogP contribution in [0.3, 0.4) is 0 Å². The summed E-state index contributed by atoms with van der Waals surface area (Å²) < 4.78 is 0. The van der Waals surface area contributed by atoms with Crippen molar-refractivity contribution in [3.05, 3.63) is 65.0 Å². The van der Waals surface area contributed by atoms with Gasteiger partial charge in [0.15, 0.2) is 5.82 Å². The molecule has 132 valence electrons. The second-order valence-electron chi connectivity index (χ2n) is 6.27. The maximum atomic E-state index is 9.71. The van der Waals surface area contributed by atoms with Crippen LogP contribution < -0.4 is 4.90 Å². The third-order valence-corrected chi connectivity index (χ3v) is 4.73. The van der Waals surface area contributed by atoms with Gasteiger partial charge in [0, 0.05) is 28.9 Å². The van der Waals surface area contributed by atoms with Crippen LogP contribution in [-0.4, -0.2) is 31.6 Å². The number of nitrogens with zero attached hydrogens (tertiary/aromatic N) is 5. The van der Waals surface area contributed by atoms with Crippen LogP contribution >= 0.6 is 11.6 Å². The van der Waals surface area contributed by atoms with E-state index in [2.05, 4.69) is 24.8 Å². The molecule has 7 heteroatoms. The van der Waals surface area contributed by atoms with Gasteiger partial charge >= 0.3 is 0 Å². The molecular formula is C19H18ClN5O. The maximum absolute atomic E-state index is 9.71. The van der Waals surface area contributed by atoms with Gasteiger partial charge in [0.2, 0.25) is 0 Å². The van der Waals surface area contributed by atoms with E-state index in [1.54, 1.807) is 19.4 Å². The van der Waals surface area contributed by atoms with Crippen molar-refractivity contribution in [1.29, 1.82) is 0 Å². The first-order valence-corrected chi connectivity index (χ1v) is 8.84. The topological polar surface area (TPSA) is 75.0 Å². The Morgan fingerprint density at radius 1 is 1.12 bits per heavy atom. The van der Waals surface area contributed by atoms with Gasteiger partial charge in [-0.1, -0.05) is 23.7 Å². The summed E-state index contributed by atoms with van der Waals surface area (Å²) in [5.74, 6) is 1.23. The van der Waals surface area contributed by atoms with Gasteiger partial charge in [0.1, 0.15) is 18.2 Å². The highest BCUT2D eigenvalue weighted by Crippen LogP contribution is 2.29. The largest absolute Gasteiger partial charge is 0.385 e. The maximum Gasteiger partial charge on any atom is 0.158 e. The molecule has 0 unspecified atom stereocenters. The Bertz CT molecular complexity index is 929. The van der Waals surface area contributed by atoms with Gasteiger partial charge < -0.3 is 10.0 Å². The number of anilines is 1. The number of hydrogen-bond donors (Lipinski definition) is 1. The van der Waals surface area contributed by atoms with Gasteiger partial charge in [-0.2, -0.15) is 0 Å². The lowest BCUT2D eigenvalue weighted by Gasteiger charge is -2.30. The minimum atomic E-state index is -0.689. The van der Waals surface area contributed by atoms with E-state index in [9.17, 15) is 5.11 Å². The summed E-state index contributed by atoms with van der Waals surface area (Å²) in [5.41, 5.74) is 4.16. The summed E-state index contributed by atoms with van der Waals surface area (Å²) in [6.07, 6.45) is 3.42. The molecule has 0 aliphatic carbocycles. The van der Waals surface area contributed by atoms with Gasteiger partial charge in [-0.25, -0.2) is 19.9 Å². The molecule has 3 heterocycles. The lowest BCUT2D eigenvalue weighted by Crippen LogP contribution is -2.32. The molecule has 1 aromatic carbocycles. The SMILES string of the molecule is C[C@@H](O)c1nccc(N2CCc3c(ncnc3-c3ccc(Cl)cc3)C2)n1. The van der Waals surface area contributed by atoms with E-state index in [0.29, 0.717) is 17.4 Å². The summed E-state index contributed by atoms with van der Waals surface area (Å²) >= 11 is 6.00. The molecule has 1 atom stereocenters. The Labute approximate surface area is 156 Å². The van der Waals surface area contributed by atoms with Gasteiger partial charge in [-0.05, 0) is 31.5 Å². The Balaban J connectivity index is 1.65.